The number of nitrogens with zero attached hydrogens (tertiary/aromatic N) is 5. The van der Waals surface area contributed by atoms with Gasteiger partial charge < -0.3 is 4.90 Å². The third kappa shape index (κ3) is 1.09. The van der Waals surface area contributed by atoms with Crippen molar-refractivity contribution >= 4 is 6.03 Å². The van der Waals surface area contributed by atoms with E-state index in [2.05, 4.69) is 15.5 Å². The molecule has 6 nitrogen and oxygen atoms in total. The maximum Gasteiger partial charge on any atom is 0.347 e. The summed E-state index contributed by atoms with van der Waals surface area (Å²) in [6.07, 6.45) is 1.25. The fourth-order valence-electron chi connectivity index (χ4n) is 0.454. The number of carbonyl (C=O) groups excluding carboxylic acids is 1. The number of hydrogen-bond donors (Lipinski definition) is 0. The summed E-state index contributed by atoms with van der Waals surface area (Å²) >= 11 is 0. The second-order valence-corrected chi connectivity index (χ2v) is 1.93. The molecule has 1 rings (SSSR count). The van der Waals surface area contributed by atoms with Crippen molar-refractivity contribution in [3.8, 4) is 0 Å². The van der Waals surface area contributed by atoms with Gasteiger partial charge in [0, 0.05) is 14.1 Å². The van der Waals surface area contributed by atoms with Gasteiger partial charge in [0.15, 0.2) is 0 Å². The Kier molecular flexibility index (Phi) is 1.61. The van der Waals surface area contributed by atoms with E-state index in [4.69, 9.17) is 0 Å². The van der Waals surface area contributed by atoms with Crippen molar-refractivity contribution in [1.29, 1.82) is 0 Å². The molecular weight excluding hydrogens is 134 g/mol. The molecule has 0 saturated heterocycles. The lowest BCUT2D eigenvalue weighted by Gasteiger charge is -2.06. The van der Waals surface area contributed by atoms with E-state index < -0.39 is 0 Å². The average molecular weight is 141 g/mol. The molecule has 0 aliphatic rings. The summed E-state index contributed by atoms with van der Waals surface area (Å²) in [6.45, 7) is 0. The van der Waals surface area contributed by atoms with Crippen LogP contribution in [-0.4, -0.2) is 45.2 Å². The summed E-state index contributed by atoms with van der Waals surface area (Å²) in [6, 6.07) is -0.259. The van der Waals surface area contributed by atoms with Crippen LogP contribution in [0.2, 0.25) is 0 Å². The van der Waals surface area contributed by atoms with E-state index in [9.17, 15) is 4.79 Å². The minimum Gasteiger partial charge on any atom is -0.329 e. The number of tetrazole rings is 1. The lowest BCUT2D eigenvalue weighted by atomic mass is 10.8. The Labute approximate surface area is 57.4 Å². The quantitative estimate of drug-likeness (QED) is 0.444. The number of aromatic nitrogens is 4. The number of carbonyl (C=O) groups is 1. The van der Waals surface area contributed by atoms with Gasteiger partial charge in [-0.2, -0.15) is 0 Å². The van der Waals surface area contributed by atoms with Gasteiger partial charge in [0.05, 0.1) is 0 Å². The van der Waals surface area contributed by atoms with Crippen LogP contribution in [-0.2, 0) is 0 Å². The van der Waals surface area contributed by atoms with Gasteiger partial charge in [-0.3, -0.25) is 0 Å². The Morgan fingerprint density at radius 3 is 2.70 bits per heavy atom. The van der Waals surface area contributed by atoms with Crippen molar-refractivity contribution < 1.29 is 4.79 Å². The van der Waals surface area contributed by atoms with Crippen molar-refractivity contribution in [3.63, 3.8) is 0 Å². The van der Waals surface area contributed by atoms with Gasteiger partial charge in [0.25, 0.3) is 0 Å². The van der Waals surface area contributed by atoms with Crippen LogP contribution in [0.15, 0.2) is 6.33 Å². The largest absolute Gasteiger partial charge is 0.347 e. The van der Waals surface area contributed by atoms with Crippen molar-refractivity contribution in [3.05, 3.63) is 6.33 Å². The Morgan fingerprint density at radius 2 is 2.30 bits per heavy atom. The van der Waals surface area contributed by atoms with Gasteiger partial charge in [-0.15, -0.1) is 9.78 Å². The minimum absolute atomic E-state index is 0.259. The Balaban J connectivity index is 2.78. The molecule has 1 amide bonds. The first kappa shape index (κ1) is 6.66. The molecule has 6 heteroatoms. The summed E-state index contributed by atoms with van der Waals surface area (Å²) in [5, 5.41) is 10.0. The van der Waals surface area contributed by atoms with E-state index in [1.807, 2.05) is 0 Å². The molecule has 0 N–H and O–H groups in total. The van der Waals surface area contributed by atoms with Crippen LogP contribution in [0.25, 0.3) is 0 Å². The zero-order valence-electron chi connectivity index (χ0n) is 5.72. The fourth-order valence-corrected chi connectivity index (χ4v) is 0.454. The summed E-state index contributed by atoms with van der Waals surface area (Å²) in [5.41, 5.74) is 0. The molecule has 1 aromatic rings. The highest BCUT2D eigenvalue weighted by Crippen LogP contribution is 1.83. The average Bonchev–Trinajstić information content (AvgIpc) is 2.36. The van der Waals surface area contributed by atoms with Gasteiger partial charge in [0.2, 0.25) is 0 Å². The van der Waals surface area contributed by atoms with Crippen LogP contribution in [0, 0.1) is 0 Å². The molecule has 0 aromatic carbocycles. The molecule has 10 heavy (non-hydrogen) atoms. The zero-order valence-corrected chi connectivity index (χ0v) is 5.72. The molecule has 0 fully saturated rings. The van der Waals surface area contributed by atoms with E-state index >= 15 is 0 Å². The lowest BCUT2D eigenvalue weighted by molar-refractivity contribution is 0.215. The summed E-state index contributed by atoms with van der Waals surface area (Å²) in [7, 11) is 3.26. The van der Waals surface area contributed by atoms with E-state index in [0.717, 1.165) is 4.68 Å². The molecule has 0 unspecified atom stereocenters. The second-order valence-electron chi connectivity index (χ2n) is 1.93. The third-order valence-electron chi connectivity index (χ3n) is 0.928. The van der Waals surface area contributed by atoms with Crippen LogP contribution in [0.1, 0.15) is 0 Å². The Hall–Kier alpha value is -1.46. The van der Waals surface area contributed by atoms with E-state index in [1.165, 1.54) is 11.2 Å². The smallest absolute Gasteiger partial charge is 0.329 e. The standard InChI is InChI=1S/C4H7N5O/c1-8(2)4(10)9-3-5-6-7-9/h3H,1-2H3. The van der Waals surface area contributed by atoms with E-state index in [0.29, 0.717) is 0 Å². The highest BCUT2D eigenvalue weighted by atomic mass is 16.2. The molecule has 0 radical (unpaired) electrons. The summed E-state index contributed by atoms with van der Waals surface area (Å²) in [5.74, 6) is 0. The molecule has 54 valence electrons. The highest BCUT2D eigenvalue weighted by molar-refractivity contribution is 5.74. The Bertz CT molecular complexity index is 216. The van der Waals surface area contributed by atoms with Crippen molar-refractivity contribution in [2.45, 2.75) is 0 Å². The van der Waals surface area contributed by atoms with Gasteiger partial charge in [-0.25, -0.2) is 4.79 Å². The number of amides is 1. The predicted molar refractivity (Wildman–Crippen MR) is 32.3 cm³/mol. The summed E-state index contributed by atoms with van der Waals surface area (Å²) in [4.78, 5) is 12.3. The normalized spacial score (nSPS) is 9.40. The highest BCUT2D eigenvalue weighted by Gasteiger charge is 2.06. The SMILES string of the molecule is CN(C)C(=O)n1cnnn1. The molecule has 0 atom stereocenters. The van der Waals surface area contributed by atoms with Crippen LogP contribution >= 0.6 is 0 Å². The zero-order chi connectivity index (χ0) is 7.56. The topological polar surface area (TPSA) is 63.9 Å². The second kappa shape index (κ2) is 2.42. The fraction of sp³-hybridized carbons (Fsp3) is 0.500. The molecule has 1 heterocycles. The van der Waals surface area contributed by atoms with Crippen molar-refractivity contribution in [2.75, 3.05) is 14.1 Å². The van der Waals surface area contributed by atoms with Crippen LogP contribution in [0.4, 0.5) is 4.79 Å². The third-order valence-corrected chi connectivity index (χ3v) is 0.928. The molecule has 0 saturated carbocycles. The van der Waals surface area contributed by atoms with Gasteiger partial charge in [-0.1, -0.05) is 0 Å². The molecule has 0 aliphatic carbocycles. The maximum absolute atomic E-state index is 11.0. The first-order valence-electron chi connectivity index (χ1n) is 2.66. The van der Waals surface area contributed by atoms with E-state index in [-0.39, 0.29) is 6.03 Å². The van der Waals surface area contributed by atoms with Gasteiger partial charge in [-0.05, 0) is 10.4 Å². The first-order chi connectivity index (χ1) is 4.72. The van der Waals surface area contributed by atoms with E-state index in [1.54, 1.807) is 14.1 Å². The Morgan fingerprint density at radius 1 is 1.60 bits per heavy atom. The van der Waals surface area contributed by atoms with Crippen molar-refractivity contribution in [2.24, 2.45) is 0 Å². The lowest BCUT2D eigenvalue weighted by Crippen LogP contribution is -2.27. The van der Waals surface area contributed by atoms with Crippen molar-refractivity contribution in [1.82, 2.24) is 25.1 Å². The molecule has 0 spiro atoms. The molecule has 1 aromatic heterocycles. The van der Waals surface area contributed by atoms with Gasteiger partial charge >= 0.3 is 6.03 Å². The minimum atomic E-state index is -0.259. The molecule has 0 bridgehead atoms. The van der Waals surface area contributed by atoms with Crippen LogP contribution in [0.3, 0.4) is 0 Å². The first-order valence-corrected chi connectivity index (χ1v) is 2.66. The summed E-state index contributed by atoms with van der Waals surface area (Å²) < 4.78 is 1.06. The monoisotopic (exact) mass is 141 g/mol. The molecular formula is C4H7N5O. The predicted octanol–water partition coefficient (Wildman–Crippen LogP) is -0.797. The molecule has 0 aliphatic heterocycles. The number of hydrogen-bond acceptors (Lipinski definition) is 4. The van der Waals surface area contributed by atoms with Crippen LogP contribution in [0.5, 0.6) is 0 Å². The number of rotatable bonds is 0. The van der Waals surface area contributed by atoms with Gasteiger partial charge in [0.1, 0.15) is 6.33 Å². The maximum atomic E-state index is 11.0. The van der Waals surface area contributed by atoms with Crippen LogP contribution < -0.4 is 0 Å².